The van der Waals surface area contributed by atoms with Crippen LogP contribution in [0.25, 0.3) is 53.1 Å². The van der Waals surface area contributed by atoms with E-state index in [2.05, 4.69) is 156 Å². The van der Waals surface area contributed by atoms with Gasteiger partial charge >= 0.3 is 0 Å². The number of anilines is 1. The second kappa shape index (κ2) is 9.41. The first-order valence-corrected chi connectivity index (χ1v) is 15.5. The van der Waals surface area contributed by atoms with Crippen LogP contribution in [-0.4, -0.2) is 17.3 Å². The van der Waals surface area contributed by atoms with E-state index < -0.39 is 0 Å². The predicted octanol–water partition coefficient (Wildman–Crippen LogP) is 10.3. The third kappa shape index (κ3) is 3.63. The van der Waals surface area contributed by atoms with Crippen molar-refractivity contribution in [1.29, 1.82) is 0 Å². The second-order valence-electron chi connectivity index (χ2n) is 11.2. The Labute approximate surface area is 253 Å². The highest BCUT2D eigenvalue weighted by atomic mass is 32.1. The van der Waals surface area contributed by atoms with Crippen LogP contribution in [-0.2, 0) is 0 Å². The summed E-state index contributed by atoms with van der Waals surface area (Å²) >= 11 is 1.88. The molecule has 43 heavy (non-hydrogen) atoms. The summed E-state index contributed by atoms with van der Waals surface area (Å²) in [5.74, 6) is 0. The molecule has 0 bridgehead atoms. The molecule has 0 amide bonds. The molecule has 0 spiro atoms. The van der Waals surface area contributed by atoms with Crippen molar-refractivity contribution < 1.29 is 0 Å². The van der Waals surface area contributed by atoms with E-state index in [4.69, 9.17) is 4.99 Å². The summed E-state index contributed by atoms with van der Waals surface area (Å²) in [5.41, 5.74) is 9.37. The number of benzene rings is 6. The monoisotopic (exact) mass is 569 g/mol. The van der Waals surface area contributed by atoms with Gasteiger partial charge in [0.15, 0.2) is 0 Å². The van der Waals surface area contributed by atoms with Crippen LogP contribution in [0.1, 0.15) is 17.4 Å². The van der Waals surface area contributed by atoms with Gasteiger partial charge < -0.3 is 4.90 Å². The molecule has 1 unspecified atom stereocenters. The van der Waals surface area contributed by atoms with E-state index in [1.807, 2.05) is 11.3 Å². The van der Waals surface area contributed by atoms with E-state index in [9.17, 15) is 0 Å². The van der Waals surface area contributed by atoms with Gasteiger partial charge in [-0.05, 0) is 35.4 Å². The zero-order valence-corrected chi connectivity index (χ0v) is 24.4. The van der Waals surface area contributed by atoms with Crippen molar-refractivity contribution in [3.8, 4) is 11.1 Å². The summed E-state index contributed by atoms with van der Waals surface area (Å²) in [4.78, 5) is 7.90. The Kier molecular flexibility index (Phi) is 5.34. The number of fused-ring (bicyclic) bond motifs is 8. The minimum atomic E-state index is -0.261. The van der Waals surface area contributed by atoms with Crippen LogP contribution in [0.5, 0.6) is 0 Å². The Hall–Kier alpha value is -5.19. The van der Waals surface area contributed by atoms with Crippen LogP contribution in [0.15, 0.2) is 145 Å². The Morgan fingerprint density at radius 1 is 0.581 bits per heavy atom. The molecule has 6 aromatic carbocycles. The first-order valence-electron chi connectivity index (χ1n) is 14.6. The molecule has 0 radical (unpaired) electrons. The van der Waals surface area contributed by atoms with Crippen molar-refractivity contribution in [1.82, 2.24) is 4.57 Å². The molecule has 0 N–H and O–H groups in total. The third-order valence-corrected chi connectivity index (χ3v) is 10.0. The fourth-order valence-electron chi connectivity index (χ4n) is 6.80. The van der Waals surface area contributed by atoms with E-state index in [0.29, 0.717) is 0 Å². The topological polar surface area (TPSA) is 20.5 Å². The molecule has 3 heterocycles. The Bertz CT molecular complexity index is 2360. The SMILES string of the molecule is CN1c2ccccc2C(c2ccccc2)=NC1n1c2ccc(-c3ccccc3)cc2c2ccc3c4ccccc4sc3c21. The third-order valence-electron chi connectivity index (χ3n) is 8.82. The molecule has 0 saturated heterocycles. The summed E-state index contributed by atoms with van der Waals surface area (Å²) in [6.45, 7) is 0. The Balaban J connectivity index is 1.40. The minimum absolute atomic E-state index is 0.261. The zero-order chi connectivity index (χ0) is 28.5. The normalized spacial score (nSPS) is 15.0. The zero-order valence-electron chi connectivity index (χ0n) is 23.6. The van der Waals surface area contributed by atoms with E-state index >= 15 is 0 Å². The molecule has 3 nitrogen and oxygen atoms in total. The highest BCUT2D eigenvalue weighted by Crippen LogP contribution is 2.45. The lowest BCUT2D eigenvalue weighted by Gasteiger charge is -2.35. The first-order chi connectivity index (χ1) is 21.3. The maximum Gasteiger partial charge on any atom is 0.203 e. The molecule has 1 aliphatic rings. The van der Waals surface area contributed by atoms with Crippen molar-refractivity contribution in [3.63, 3.8) is 0 Å². The highest BCUT2D eigenvalue weighted by Gasteiger charge is 2.30. The molecule has 0 fully saturated rings. The number of aromatic nitrogens is 1. The van der Waals surface area contributed by atoms with Crippen LogP contribution < -0.4 is 4.90 Å². The lowest BCUT2D eigenvalue weighted by molar-refractivity contribution is 0.541. The quantitative estimate of drug-likeness (QED) is 0.207. The van der Waals surface area contributed by atoms with Crippen molar-refractivity contribution >= 4 is 64.7 Å². The summed E-state index contributed by atoms with van der Waals surface area (Å²) < 4.78 is 5.10. The maximum atomic E-state index is 5.57. The van der Waals surface area contributed by atoms with Crippen LogP contribution in [0.2, 0.25) is 0 Å². The predicted molar refractivity (Wildman–Crippen MR) is 184 cm³/mol. The van der Waals surface area contributed by atoms with Gasteiger partial charge in [-0.2, -0.15) is 0 Å². The average molecular weight is 570 g/mol. The van der Waals surface area contributed by atoms with Crippen LogP contribution in [0, 0.1) is 0 Å². The van der Waals surface area contributed by atoms with Crippen LogP contribution >= 0.6 is 11.3 Å². The molecule has 1 aliphatic heterocycles. The van der Waals surface area contributed by atoms with Crippen molar-refractivity contribution in [2.75, 3.05) is 11.9 Å². The van der Waals surface area contributed by atoms with E-state index in [0.717, 1.165) is 16.8 Å². The summed E-state index contributed by atoms with van der Waals surface area (Å²) in [6.07, 6.45) is -0.261. The van der Waals surface area contributed by atoms with Gasteiger partial charge in [-0.25, -0.2) is 4.99 Å². The first kappa shape index (κ1) is 24.4. The number of hydrogen-bond acceptors (Lipinski definition) is 3. The molecular weight excluding hydrogens is 543 g/mol. The van der Waals surface area contributed by atoms with Crippen molar-refractivity contribution in [3.05, 3.63) is 151 Å². The number of thiophene rings is 1. The molecule has 204 valence electrons. The smallest absolute Gasteiger partial charge is 0.203 e. The summed E-state index contributed by atoms with van der Waals surface area (Å²) in [7, 11) is 2.18. The number of nitrogens with zero attached hydrogens (tertiary/aromatic N) is 3. The molecule has 9 rings (SSSR count). The number of hydrogen-bond donors (Lipinski definition) is 0. The highest BCUT2D eigenvalue weighted by molar-refractivity contribution is 7.26. The number of para-hydroxylation sites is 1. The van der Waals surface area contributed by atoms with E-state index in [-0.39, 0.29) is 6.29 Å². The maximum absolute atomic E-state index is 5.57. The Morgan fingerprint density at radius 3 is 2.12 bits per heavy atom. The number of rotatable bonds is 3. The lowest BCUT2D eigenvalue weighted by atomic mass is 9.98. The molecule has 8 aromatic rings. The van der Waals surface area contributed by atoms with Gasteiger partial charge in [0.25, 0.3) is 0 Å². The van der Waals surface area contributed by atoms with Gasteiger partial charge in [0.2, 0.25) is 6.29 Å². The van der Waals surface area contributed by atoms with Gasteiger partial charge in [0.05, 0.1) is 21.4 Å². The molecule has 4 heteroatoms. The second-order valence-corrected chi connectivity index (χ2v) is 12.3. The van der Waals surface area contributed by atoms with Crippen LogP contribution in [0.3, 0.4) is 0 Å². The van der Waals surface area contributed by atoms with E-state index in [1.54, 1.807) is 0 Å². The van der Waals surface area contributed by atoms with E-state index in [1.165, 1.54) is 58.8 Å². The standard InChI is InChI=1S/C39H27N3S/c1-41-33-18-10-8-17-31(33)36(26-14-6-3-7-15-26)40-39(41)42-34-23-20-27(25-12-4-2-5-13-25)24-32(34)29-21-22-30-28-16-9-11-19-35(28)43-38(30)37(29)42/h2-24,39H,1H3. The Morgan fingerprint density at radius 2 is 1.28 bits per heavy atom. The summed E-state index contributed by atoms with van der Waals surface area (Å²) in [6, 6.07) is 50.2. The fourth-order valence-corrected chi connectivity index (χ4v) is 8.05. The molecular formula is C39H27N3S. The van der Waals surface area contributed by atoms with Crippen molar-refractivity contribution in [2.24, 2.45) is 4.99 Å². The van der Waals surface area contributed by atoms with Gasteiger partial charge in [0, 0.05) is 50.1 Å². The molecule has 2 aromatic heterocycles. The summed E-state index contributed by atoms with van der Waals surface area (Å²) in [5, 5.41) is 5.11. The molecule has 1 atom stereocenters. The van der Waals surface area contributed by atoms with Crippen LogP contribution in [0.4, 0.5) is 5.69 Å². The largest absolute Gasteiger partial charge is 0.335 e. The fraction of sp³-hybridized carbons (Fsp3) is 0.0513. The van der Waals surface area contributed by atoms with Gasteiger partial charge in [-0.15, -0.1) is 11.3 Å². The van der Waals surface area contributed by atoms with Gasteiger partial charge in [-0.1, -0.05) is 115 Å². The average Bonchev–Trinajstić information content (AvgIpc) is 3.61. The van der Waals surface area contributed by atoms with Gasteiger partial charge in [-0.3, -0.25) is 4.57 Å². The molecule has 0 saturated carbocycles. The number of aliphatic imine (C=N–C) groups is 1. The van der Waals surface area contributed by atoms with Gasteiger partial charge in [0.1, 0.15) is 0 Å². The van der Waals surface area contributed by atoms with Crippen molar-refractivity contribution in [2.45, 2.75) is 6.29 Å². The molecule has 0 aliphatic carbocycles. The lowest BCUT2D eigenvalue weighted by Crippen LogP contribution is -2.33. The minimum Gasteiger partial charge on any atom is -0.335 e.